The van der Waals surface area contributed by atoms with E-state index >= 15 is 0 Å². The summed E-state index contributed by atoms with van der Waals surface area (Å²) in [5.41, 5.74) is 11.1. The second kappa shape index (κ2) is 4.49. The van der Waals surface area contributed by atoms with Crippen LogP contribution in [0.2, 0.25) is 0 Å². The molecule has 4 nitrogen and oxygen atoms in total. The zero-order valence-electron chi connectivity index (χ0n) is 9.19. The van der Waals surface area contributed by atoms with Gasteiger partial charge in [-0.1, -0.05) is 12.8 Å². The number of primary amides is 1. The minimum Gasteiger partial charge on any atom is -0.369 e. The Morgan fingerprint density at radius 3 is 2.27 bits per heavy atom. The van der Waals surface area contributed by atoms with Crippen LogP contribution in [0, 0.1) is 0 Å². The molecule has 2 aliphatic carbocycles. The smallest absolute Gasteiger partial charge is 0.231 e. The number of carbonyl (C=O) groups is 1. The number of rotatable bonds is 4. The van der Waals surface area contributed by atoms with Gasteiger partial charge in [-0.25, -0.2) is 0 Å². The Morgan fingerprint density at radius 1 is 1.20 bits per heavy atom. The molecule has 0 aromatic heterocycles. The molecule has 0 unspecified atom stereocenters. The normalized spacial score (nSPS) is 31.9. The molecule has 0 saturated heterocycles. The third-order valence-electron chi connectivity index (χ3n) is 3.75. The first-order chi connectivity index (χ1) is 7.16. The topological polar surface area (TPSA) is 72.4 Å². The van der Waals surface area contributed by atoms with Crippen molar-refractivity contribution in [3.05, 3.63) is 0 Å². The van der Waals surface area contributed by atoms with Crippen LogP contribution < -0.4 is 11.5 Å². The van der Waals surface area contributed by atoms with Crippen molar-refractivity contribution < 1.29 is 4.79 Å². The molecular formula is C11H21N3O. The third kappa shape index (κ3) is 2.49. The molecule has 2 rings (SSSR count). The van der Waals surface area contributed by atoms with E-state index in [0.29, 0.717) is 24.7 Å². The molecule has 0 aliphatic heterocycles. The molecule has 0 heterocycles. The Hall–Kier alpha value is -0.610. The van der Waals surface area contributed by atoms with E-state index in [0.717, 1.165) is 12.8 Å². The van der Waals surface area contributed by atoms with Gasteiger partial charge in [0.1, 0.15) is 0 Å². The van der Waals surface area contributed by atoms with Crippen LogP contribution in [0.1, 0.15) is 38.5 Å². The molecule has 0 aromatic carbocycles. The van der Waals surface area contributed by atoms with Gasteiger partial charge >= 0.3 is 0 Å². The summed E-state index contributed by atoms with van der Waals surface area (Å²) in [6.45, 7) is 0.419. The van der Waals surface area contributed by atoms with Crippen molar-refractivity contribution in [2.75, 3.05) is 6.54 Å². The Balaban J connectivity index is 1.92. The zero-order valence-corrected chi connectivity index (χ0v) is 9.19. The standard InChI is InChI=1S/C11H21N3O/c12-8-5-10(6-8)14(7-11(13)15)9-3-1-2-4-9/h8-10H,1-7,12H2,(H2,13,15). The summed E-state index contributed by atoms with van der Waals surface area (Å²) in [4.78, 5) is 13.3. The van der Waals surface area contributed by atoms with Crippen molar-refractivity contribution in [2.45, 2.75) is 56.7 Å². The van der Waals surface area contributed by atoms with Gasteiger partial charge in [-0.3, -0.25) is 9.69 Å². The number of hydrogen-bond acceptors (Lipinski definition) is 3. The fourth-order valence-electron chi connectivity index (χ4n) is 2.87. The predicted molar refractivity (Wildman–Crippen MR) is 59.2 cm³/mol. The van der Waals surface area contributed by atoms with E-state index in [2.05, 4.69) is 4.90 Å². The summed E-state index contributed by atoms with van der Waals surface area (Å²) in [5.74, 6) is -0.206. The van der Waals surface area contributed by atoms with Crippen LogP contribution in [0.4, 0.5) is 0 Å². The predicted octanol–water partition coefficient (Wildman–Crippen LogP) is 0.206. The molecule has 15 heavy (non-hydrogen) atoms. The first-order valence-corrected chi connectivity index (χ1v) is 5.96. The van der Waals surface area contributed by atoms with Gasteiger partial charge in [-0.05, 0) is 25.7 Å². The number of nitrogens with zero attached hydrogens (tertiary/aromatic N) is 1. The van der Waals surface area contributed by atoms with Gasteiger partial charge in [0.05, 0.1) is 6.54 Å². The molecule has 0 aromatic rings. The van der Waals surface area contributed by atoms with Gasteiger partial charge in [-0.2, -0.15) is 0 Å². The maximum absolute atomic E-state index is 11.0. The highest BCUT2D eigenvalue weighted by Gasteiger charge is 2.36. The van der Waals surface area contributed by atoms with E-state index in [1.807, 2.05) is 0 Å². The quantitative estimate of drug-likeness (QED) is 0.698. The van der Waals surface area contributed by atoms with E-state index in [1.54, 1.807) is 0 Å². The lowest BCUT2D eigenvalue weighted by atomic mass is 9.85. The fraction of sp³-hybridized carbons (Fsp3) is 0.909. The molecule has 0 spiro atoms. The van der Waals surface area contributed by atoms with Crippen molar-refractivity contribution >= 4 is 5.91 Å². The van der Waals surface area contributed by atoms with Gasteiger partial charge in [0, 0.05) is 18.1 Å². The van der Waals surface area contributed by atoms with Crippen LogP contribution in [-0.4, -0.2) is 35.5 Å². The average Bonchev–Trinajstić information content (AvgIpc) is 2.61. The summed E-state index contributed by atoms with van der Waals surface area (Å²) < 4.78 is 0. The van der Waals surface area contributed by atoms with Crippen LogP contribution in [0.25, 0.3) is 0 Å². The highest BCUT2D eigenvalue weighted by molar-refractivity contribution is 5.76. The number of hydrogen-bond donors (Lipinski definition) is 2. The summed E-state index contributed by atoms with van der Waals surface area (Å²) in [5, 5.41) is 0. The van der Waals surface area contributed by atoms with E-state index in [-0.39, 0.29) is 5.91 Å². The van der Waals surface area contributed by atoms with E-state index in [9.17, 15) is 4.79 Å². The molecule has 2 saturated carbocycles. The Morgan fingerprint density at radius 2 is 1.80 bits per heavy atom. The van der Waals surface area contributed by atoms with Crippen LogP contribution in [0.5, 0.6) is 0 Å². The second-order valence-corrected chi connectivity index (χ2v) is 4.96. The van der Waals surface area contributed by atoms with Crippen LogP contribution in [-0.2, 0) is 4.79 Å². The van der Waals surface area contributed by atoms with Crippen molar-refractivity contribution in [1.82, 2.24) is 4.90 Å². The van der Waals surface area contributed by atoms with Crippen molar-refractivity contribution in [3.63, 3.8) is 0 Å². The highest BCUT2D eigenvalue weighted by atomic mass is 16.1. The lowest BCUT2D eigenvalue weighted by Crippen LogP contribution is -2.55. The van der Waals surface area contributed by atoms with Crippen molar-refractivity contribution in [1.29, 1.82) is 0 Å². The van der Waals surface area contributed by atoms with Gasteiger partial charge in [0.25, 0.3) is 0 Å². The average molecular weight is 211 g/mol. The van der Waals surface area contributed by atoms with Gasteiger partial charge in [0.15, 0.2) is 0 Å². The summed E-state index contributed by atoms with van der Waals surface area (Å²) in [6.07, 6.45) is 7.09. The third-order valence-corrected chi connectivity index (χ3v) is 3.75. The minimum atomic E-state index is -0.206. The lowest BCUT2D eigenvalue weighted by Gasteiger charge is -2.44. The lowest BCUT2D eigenvalue weighted by molar-refractivity contribution is -0.121. The Bertz CT molecular complexity index is 232. The van der Waals surface area contributed by atoms with Gasteiger partial charge in [-0.15, -0.1) is 0 Å². The van der Waals surface area contributed by atoms with E-state index in [1.165, 1.54) is 25.7 Å². The minimum absolute atomic E-state index is 0.206. The van der Waals surface area contributed by atoms with Crippen molar-refractivity contribution in [2.24, 2.45) is 11.5 Å². The zero-order chi connectivity index (χ0) is 10.8. The molecule has 0 atom stereocenters. The van der Waals surface area contributed by atoms with E-state index < -0.39 is 0 Å². The van der Waals surface area contributed by atoms with Crippen LogP contribution >= 0.6 is 0 Å². The SMILES string of the molecule is NC(=O)CN(C1CCCC1)C1CC(N)C1. The molecule has 0 bridgehead atoms. The summed E-state index contributed by atoms with van der Waals surface area (Å²) >= 11 is 0. The largest absolute Gasteiger partial charge is 0.369 e. The first-order valence-electron chi connectivity index (χ1n) is 5.96. The van der Waals surface area contributed by atoms with Gasteiger partial charge in [0.2, 0.25) is 5.91 Å². The molecule has 2 aliphatic rings. The maximum atomic E-state index is 11.0. The summed E-state index contributed by atoms with van der Waals surface area (Å²) in [6, 6.07) is 1.43. The summed E-state index contributed by atoms with van der Waals surface area (Å²) in [7, 11) is 0. The highest BCUT2D eigenvalue weighted by Crippen LogP contribution is 2.31. The first kappa shape index (κ1) is 10.9. The Labute approximate surface area is 91.0 Å². The van der Waals surface area contributed by atoms with E-state index in [4.69, 9.17) is 11.5 Å². The molecule has 2 fully saturated rings. The number of amides is 1. The van der Waals surface area contributed by atoms with Gasteiger partial charge < -0.3 is 11.5 Å². The monoisotopic (exact) mass is 211 g/mol. The molecular weight excluding hydrogens is 190 g/mol. The van der Waals surface area contributed by atoms with Crippen LogP contribution in [0.3, 0.4) is 0 Å². The van der Waals surface area contributed by atoms with Crippen molar-refractivity contribution in [3.8, 4) is 0 Å². The second-order valence-electron chi connectivity index (χ2n) is 4.96. The Kier molecular flexibility index (Phi) is 3.26. The molecule has 0 radical (unpaired) electrons. The fourth-order valence-corrected chi connectivity index (χ4v) is 2.87. The number of nitrogens with two attached hydrogens (primary N) is 2. The molecule has 4 N–H and O–H groups in total. The van der Waals surface area contributed by atoms with Crippen LogP contribution in [0.15, 0.2) is 0 Å². The molecule has 1 amide bonds. The molecule has 86 valence electrons. The molecule has 4 heteroatoms. The number of carbonyl (C=O) groups excluding carboxylic acids is 1. The maximum Gasteiger partial charge on any atom is 0.231 e.